The van der Waals surface area contributed by atoms with Crippen LogP contribution in [0.25, 0.3) is 10.9 Å². The summed E-state index contributed by atoms with van der Waals surface area (Å²) in [6.07, 6.45) is 0.360. The molecular weight excluding hydrogens is 288 g/mol. The zero-order valence-electron chi connectivity index (χ0n) is 14.0. The van der Waals surface area contributed by atoms with E-state index in [-0.39, 0.29) is 11.9 Å². The molecule has 0 aliphatic rings. The van der Waals surface area contributed by atoms with Crippen molar-refractivity contribution >= 4 is 16.8 Å². The Morgan fingerprint density at radius 3 is 2.70 bits per heavy atom. The number of amides is 1. The van der Waals surface area contributed by atoms with E-state index in [9.17, 15) is 4.79 Å². The van der Waals surface area contributed by atoms with Crippen LogP contribution in [0.5, 0.6) is 0 Å². The van der Waals surface area contributed by atoms with E-state index in [2.05, 4.69) is 35.4 Å². The fourth-order valence-electron chi connectivity index (χ4n) is 2.93. The average Bonchev–Trinajstić information content (AvgIpc) is 3.04. The van der Waals surface area contributed by atoms with Gasteiger partial charge >= 0.3 is 0 Å². The summed E-state index contributed by atoms with van der Waals surface area (Å²) in [6, 6.07) is 9.94. The number of nitrogens with one attached hydrogen (secondary N) is 2. The van der Waals surface area contributed by atoms with Crippen molar-refractivity contribution in [3.8, 4) is 0 Å². The number of aromatic nitrogens is 1. The van der Waals surface area contributed by atoms with Gasteiger partial charge in [0.2, 0.25) is 5.91 Å². The van der Waals surface area contributed by atoms with E-state index in [1.807, 2.05) is 32.9 Å². The van der Waals surface area contributed by atoms with E-state index in [0.29, 0.717) is 6.42 Å². The van der Waals surface area contributed by atoms with Crippen molar-refractivity contribution in [2.24, 2.45) is 0 Å². The Bertz CT molecular complexity index is 858. The lowest BCUT2D eigenvalue weighted by atomic mass is 10.1. The molecule has 0 saturated heterocycles. The molecule has 0 radical (unpaired) electrons. The minimum absolute atomic E-state index is 0.00272. The number of rotatable bonds is 4. The van der Waals surface area contributed by atoms with Crippen molar-refractivity contribution in [2.75, 3.05) is 0 Å². The van der Waals surface area contributed by atoms with Crippen LogP contribution in [0.2, 0.25) is 0 Å². The highest BCUT2D eigenvalue weighted by molar-refractivity contribution is 5.90. The second-order valence-electron chi connectivity index (χ2n) is 6.19. The number of carbonyl (C=O) groups excluding carboxylic acids is 1. The van der Waals surface area contributed by atoms with Crippen molar-refractivity contribution in [3.63, 3.8) is 0 Å². The molecule has 3 aromatic rings. The second kappa shape index (κ2) is 5.95. The fraction of sp³-hybridized carbons (Fsp3) is 0.316. The summed E-state index contributed by atoms with van der Waals surface area (Å²) in [5, 5.41) is 4.13. The molecule has 0 saturated carbocycles. The van der Waals surface area contributed by atoms with Crippen LogP contribution < -0.4 is 5.32 Å². The number of H-pyrrole nitrogens is 1. The molecule has 1 amide bonds. The van der Waals surface area contributed by atoms with Gasteiger partial charge in [0, 0.05) is 16.6 Å². The molecule has 0 aliphatic carbocycles. The molecule has 4 heteroatoms. The van der Waals surface area contributed by atoms with Gasteiger partial charge in [0.15, 0.2) is 0 Å². The van der Waals surface area contributed by atoms with Crippen molar-refractivity contribution in [2.45, 2.75) is 40.2 Å². The highest BCUT2D eigenvalue weighted by Gasteiger charge is 2.16. The lowest BCUT2D eigenvalue weighted by molar-refractivity contribution is -0.121. The van der Waals surface area contributed by atoms with E-state index in [4.69, 9.17) is 4.42 Å². The number of furan rings is 1. The third kappa shape index (κ3) is 3.16. The Labute approximate surface area is 135 Å². The summed E-state index contributed by atoms with van der Waals surface area (Å²) < 4.78 is 5.57. The highest BCUT2D eigenvalue weighted by atomic mass is 16.3. The smallest absolute Gasteiger partial charge is 0.225 e. The summed E-state index contributed by atoms with van der Waals surface area (Å²) >= 11 is 0. The van der Waals surface area contributed by atoms with Gasteiger partial charge in [-0.05, 0) is 57.5 Å². The molecule has 2 heterocycles. The van der Waals surface area contributed by atoms with Crippen molar-refractivity contribution < 1.29 is 9.21 Å². The normalized spacial score (nSPS) is 12.5. The van der Waals surface area contributed by atoms with Crippen molar-refractivity contribution in [1.82, 2.24) is 10.3 Å². The third-order valence-corrected chi connectivity index (χ3v) is 4.18. The van der Waals surface area contributed by atoms with Crippen LogP contribution in [0.4, 0.5) is 0 Å². The van der Waals surface area contributed by atoms with Crippen LogP contribution >= 0.6 is 0 Å². The monoisotopic (exact) mass is 310 g/mol. The molecular formula is C19H22N2O2. The zero-order chi connectivity index (χ0) is 16.6. The van der Waals surface area contributed by atoms with Crippen molar-refractivity contribution in [3.05, 3.63) is 58.7 Å². The summed E-state index contributed by atoms with van der Waals surface area (Å²) in [5.74, 6) is 1.63. The molecule has 3 rings (SSSR count). The van der Waals surface area contributed by atoms with Gasteiger partial charge in [-0.2, -0.15) is 0 Å². The number of aryl methyl sites for hydroxylation is 3. The molecule has 0 bridgehead atoms. The lowest BCUT2D eigenvalue weighted by Gasteiger charge is -2.11. The van der Waals surface area contributed by atoms with Gasteiger partial charge in [0.05, 0.1) is 12.5 Å². The van der Waals surface area contributed by atoms with Gasteiger partial charge in [-0.3, -0.25) is 4.79 Å². The Kier molecular flexibility index (Phi) is 3.99. The van der Waals surface area contributed by atoms with Crippen LogP contribution in [-0.2, 0) is 11.2 Å². The van der Waals surface area contributed by atoms with Gasteiger partial charge in [-0.15, -0.1) is 0 Å². The molecule has 23 heavy (non-hydrogen) atoms. The molecule has 0 spiro atoms. The van der Waals surface area contributed by atoms with Crippen LogP contribution in [-0.4, -0.2) is 10.9 Å². The van der Waals surface area contributed by atoms with Gasteiger partial charge in [-0.25, -0.2) is 0 Å². The number of benzene rings is 1. The molecule has 2 N–H and O–H groups in total. The quantitative estimate of drug-likeness (QED) is 0.762. The molecule has 1 aromatic carbocycles. The molecule has 1 atom stereocenters. The summed E-state index contributed by atoms with van der Waals surface area (Å²) in [6.45, 7) is 7.91. The molecule has 1 unspecified atom stereocenters. The zero-order valence-corrected chi connectivity index (χ0v) is 14.0. The molecule has 2 aromatic heterocycles. The SMILES string of the molecule is Cc1ccc2[nH]c(C)c(CC(=O)NC(C)c3ccc(C)o3)c2c1. The van der Waals surface area contributed by atoms with Crippen LogP contribution in [0.3, 0.4) is 0 Å². The Balaban J connectivity index is 1.77. The van der Waals surface area contributed by atoms with E-state index in [1.165, 1.54) is 5.56 Å². The number of hydrogen-bond donors (Lipinski definition) is 2. The first-order valence-electron chi connectivity index (χ1n) is 7.87. The van der Waals surface area contributed by atoms with E-state index in [0.717, 1.165) is 33.7 Å². The fourth-order valence-corrected chi connectivity index (χ4v) is 2.93. The number of carbonyl (C=O) groups is 1. The van der Waals surface area contributed by atoms with E-state index in [1.54, 1.807) is 0 Å². The van der Waals surface area contributed by atoms with Gasteiger partial charge in [0.1, 0.15) is 11.5 Å². The standard InChI is InChI=1S/C19H22N2O2/c1-11-5-7-17-16(9-11)15(13(3)20-17)10-19(22)21-14(4)18-8-6-12(2)23-18/h5-9,14,20H,10H2,1-4H3,(H,21,22). The predicted molar refractivity (Wildman–Crippen MR) is 91.5 cm³/mol. The Hall–Kier alpha value is -2.49. The maximum absolute atomic E-state index is 12.4. The maximum atomic E-state index is 12.4. The maximum Gasteiger partial charge on any atom is 0.225 e. The number of hydrogen-bond acceptors (Lipinski definition) is 2. The average molecular weight is 310 g/mol. The first kappa shape index (κ1) is 15.4. The topological polar surface area (TPSA) is 58.0 Å². The van der Waals surface area contributed by atoms with E-state index >= 15 is 0 Å². The lowest BCUT2D eigenvalue weighted by Crippen LogP contribution is -2.28. The summed E-state index contributed by atoms with van der Waals surface area (Å²) in [5.41, 5.74) is 4.37. The van der Waals surface area contributed by atoms with E-state index < -0.39 is 0 Å². The van der Waals surface area contributed by atoms with Gasteiger partial charge in [-0.1, -0.05) is 11.6 Å². The van der Waals surface area contributed by atoms with Crippen LogP contribution in [0, 0.1) is 20.8 Å². The Morgan fingerprint density at radius 2 is 2.00 bits per heavy atom. The molecule has 0 aliphatic heterocycles. The molecule has 120 valence electrons. The minimum Gasteiger partial charge on any atom is -0.464 e. The first-order valence-corrected chi connectivity index (χ1v) is 7.87. The molecule has 0 fully saturated rings. The highest BCUT2D eigenvalue weighted by Crippen LogP contribution is 2.24. The Morgan fingerprint density at radius 1 is 1.22 bits per heavy atom. The van der Waals surface area contributed by atoms with Gasteiger partial charge in [0.25, 0.3) is 0 Å². The third-order valence-electron chi connectivity index (χ3n) is 4.18. The summed E-state index contributed by atoms with van der Waals surface area (Å²) in [4.78, 5) is 15.8. The predicted octanol–water partition coefficient (Wildman–Crippen LogP) is 4.11. The second-order valence-corrected chi connectivity index (χ2v) is 6.19. The number of aromatic amines is 1. The minimum atomic E-state index is -0.136. The molecule has 4 nitrogen and oxygen atoms in total. The summed E-state index contributed by atoms with van der Waals surface area (Å²) in [7, 11) is 0. The van der Waals surface area contributed by atoms with Crippen LogP contribution in [0.1, 0.15) is 41.3 Å². The number of fused-ring (bicyclic) bond motifs is 1. The largest absolute Gasteiger partial charge is 0.464 e. The van der Waals surface area contributed by atoms with Crippen molar-refractivity contribution in [1.29, 1.82) is 0 Å². The first-order chi connectivity index (χ1) is 10.9. The van der Waals surface area contributed by atoms with Gasteiger partial charge < -0.3 is 14.7 Å². The van der Waals surface area contributed by atoms with Crippen LogP contribution in [0.15, 0.2) is 34.7 Å².